The number of unbranched alkanes of at least 4 members (excludes halogenated alkanes) is 6. The lowest BCUT2D eigenvalue weighted by Crippen LogP contribution is -2.59. The number of alkyl halides is 1. The molecule has 1 aromatic heterocycles. The van der Waals surface area contributed by atoms with Crippen molar-refractivity contribution in [1.29, 1.82) is 0 Å². The van der Waals surface area contributed by atoms with Crippen LogP contribution in [0.15, 0.2) is 29.8 Å². The summed E-state index contributed by atoms with van der Waals surface area (Å²) in [7, 11) is 0. The van der Waals surface area contributed by atoms with E-state index in [-0.39, 0.29) is 38.1 Å². The van der Waals surface area contributed by atoms with Gasteiger partial charge in [-0.05, 0) is 55.7 Å². The Morgan fingerprint density at radius 2 is 1.68 bits per heavy atom. The molecule has 6 N–H and O–H groups in total. The maximum atomic E-state index is 14.6. The van der Waals surface area contributed by atoms with Crippen molar-refractivity contribution in [3.8, 4) is 10.4 Å². The van der Waals surface area contributed by atoms with E-state index in [2.05, 4.69) is 20.9 Å². The van der Waals surface area contributed by atoms with Gasteiger partial charge in [0.2, 0.25) is 17.7 Å². The molecule has 4 amide bonds. The van der Waals surface area contributed by atoms with Crippen LogP contribution < -0.4 is 21.7 Å². The molecule has 276 valence electrons. The molecule has 1 aliphatic carbocycles. The van der Waals surface area contributed by atoms with E-state index in [1.807, 2.05) is 31.2 Å². The first-order valence-electron chi connectivity index (χ1n) is 18.0. The van der Waals surface area contributed by atoms with Gasteiger partial charge in [-0.25, -0.2) is 9.37 Å². The average Bonchev–Trinajstić information content (AvgIpc) is 3.48. The van der Waals surface area contributed by atoms with E-state index in [0.717, 1.165) is 67.6 Å². The van der Waals surface area contributed by atoms with Crippen LogP contribution in [0.2, 0.25) is 0 Å². The van der Waals surface area contributed by atoms with E-state index in [4.69, 9.17) is 5.73 Å². The number of β-amino-alcohol motifs (C(OH)–C–C–N with tert-alkyl or cyclic N) is 1. The summed E-state index contributed by atoms with van der Waals surface area (Å²) in [5, 5.41) is 19.2. The monoisotopic (exact) mass is 714 g/mol. The number of thiazole rings is 1. The predicted octanol–water partition coefficient (Wildman–Crippen LogP) is 4.47. The Morgan fingerprint density at radius 1 is 1.04 bits per heavy atom. The fourth-order valence-corrected chi connectivity index (χ4v) is 7.13. The molecule has 13 heteroatoms. The molecule has 0 bridgehead atoms. The number of nitrogens with zero attached hydrogens (tertiary/aromatic N) is 2. The van der Waals surface area contributed by atoms with Crippen LogP contribution in [-0.2, 0) is 19.2 Å². The summed E-state index contributed by atoms with van der Waals surface area (Å²) in [6.45, 7) is 8.35. The van der Waals surface area contributed by atoms with Gasteiger partial charge in [0.25, 0.3) is 5.91 Å². The number of rotatable bonds is 18. The Balaban J connectivity index is 1.45. The van der Waals surface area contributed by atoms with Gasteiger partial charge in [-0.2, -0.15) is 0 Å². The van der Waals surface area contributed by atoms with Crippen molar-refractivity contribution in [3.05, 3.63) is 41.0 Å². The molecule has 0 radical (unpaired) electrons. The summed E-state index contributed by atoms with van der Waals surface area (Å²) in [4.78, 5) is 60.4. The minimum absolute atomic E-state index is 0.00976. The number of aryl methyl sites for hydroxylation is 1. The predicted molar refractivity (Wildman–Crippen MR) is 193 cm³/mol. The van der Waals surface area contributed by atoms with Gasteiger partial charge in [0.15, 0.2) is 5.67 Å². The number of aromatic nitrogens is 1. The maximum Gasteiger partial charge on any atom is 0.258 e. The van der Waals surface area contributed by atoms with Crippen molar-refractivity contribution in [2.75, 3.05) is 19.6 Å². The largest absolute Gasteiger partial charge is 0.391 e. The molecule has 1 aromatic carbocycles. The van der Waals surface area contributed by atoms with Crippen molar-refractivity contribution >= 4 is 35.0 Å². The summed E-state index contributed by atoms with van der Waals surface area (Å²) in [5.74, 6) is -2.13. The van der Waals surface area contributed by atoms with Gasteiger partial charge in [0.05, 0.1) is 34.6 Å². The molecule has 0 spiro atoms. The molecule has 4 rings (SSSR count). The minimum atomic E-state index is -1.97. The summed E-state index contributed by atoms with van der Waals surface area (Å²) < 4.78 is 14.6. The zero-order valence-corrected chi connectivity index (χ0v) is 30.8. The highest BCUT2D eigenvalue weighted by Gasteiger charge is 2.53. The van der Waals surface area contributed by atoms with Crippen molar-refractivity contribution in [2.45, 2.75) is 128 Å². The standard InChI is InChI=1S/C37H55FN6O5S/c1-24-31(50-23-41-24)26-14-12-25(13-15-26)28(21-30(46)40-19-11-9-7-5-6-8-10-18-39)42-33(47)29-20-27(45)22-44(29)34(48)32(36(2,3)4)43-35(49)37(38)16-17-37/h12-15,23,27-29,32,45H,5-11,16-22,39H2,1-4H3,(H,40,46)(H,42,47)(H,43,49)/t27-,28+,29+,32?/m1/s1. The van der Waals surface area contributed by atoms with Gasteiger partial charge >= 0.3 is 0 Å². The number of amides is 4. The minimum Gasteiger partial charge on any atom is -0.391 e. The van der Waals surface area contributed by atoms with Crippen LogP contribution in [0.25, 0.3) is 10.4 Å². The highest BCUT2D eigenvalue weighted by atomic mass is 32.1. The van der Waals surface area contributed by atoms with Crippen molar-refractivity contribution in [3.63, 3.8) is 0 Å². The van der Waals surface area contributed by atoms with Gasteiger partial charge in [0.1, 0.15) is 12.1 Å². The van der Waals surface area contributed by atoms with Crippen LogP contribution in [0, 0.1) is 12.3 Å². The SMILES string of the molecule is Cc1ncsc1-c1ccc([C@H](CC(=O)NCCCCCCCCCN)NC(=O)[C@@H]2C[C@@H](O)CN2C(=O)C(NC(=O)C2(F)CC2)C(C)(C)C)cc1. The number of likely N-dealkylation sites (tertiary alicyclic amines) is 1. The van der Waals surface area contributed by atoms with E-state index in [9.17, 15) is 28.7 Å². The average molecular weight is 715 g/mol. The Hall–Kier alpha value is -3.42. The first-order chi connectivity index (χ1) is 23.7. The molecule has 11 nitrogen and oxygen atoms in total. The summed E-state index contributed by atoms with van der Waals surface area (Å²) in [6, 6.07) is 4.75. The molecule has 2 aromatic rings. The molecule has 1 unspecified atom stereocenters. The number of carbonyl (C=O) groups excluding carboxylic acids is 4. The summed E-state index contributed by atoms with van der Waals surface area (Å²) in [6.07, 6.45) is 6.68. The highest BCUT2D eigenvalue weighted by Crippen LogP contribution is 2.40. The van der Waals surface area contributed by atoms with Crippen LogP contribution >= 0.6 is 11.3 Å². The Labute approximate surface area is 299 Å². The lowest BCUT2D eigenvalue weighted by Gasteiger charge is -2.36. The van der Waals surface area contributed by atoms with Crippen molar-refractivity contribution in [2.24, 2.45) is 11.1 Å². The van der Waals surface area contributed by atoms with Gasteiger partial charge in [0, 0.05) is 19.5 Å². The second kappa shape index (κ2) is 17.7. The molecule has 2 aliphatic rings. The smallest absolute Gasteiger partial charge is 0.258 e. The zero-order chi connectivity index (χ0) is 36.5. The summed E-state index contributed by atoms with van der Waals surface area (Å²) >= 11 is 1.53. The van der Waals surface area contributed by atoms with E-state index < -0.39 is 53.0 Å². The van der Waals surface area contributed by atoms with Crippen LogP contribution in [-0.4, -0.2) is 82.1 Å². The third-order valence-corrected chi connectivity index (χ3v) is 10.6. The third kappa shape index (κ3) is 10.8. The second-order valence-electron chi connectivity index (χ2n) is 14.9. The Kier molecular flexibility index (Phi) is 13.9. The van der Waals surface area contributed by atoms with Gasteiger partial charge in [-0.1, -0.05) is 77.1 Å². The van der Waals surface area contributed by atoms with E-state index in [1.54, 1.807) is 26.3 Å². The van der Waals surface area contributed by atoms with Crippen LogP contribution in [0.4, 0.5) is 4.39 Å². The van der Waals surface area contributed by atoms with Gasteiger partial charge in [-0.3, -0.25) is 19.2 Å². The molecule has 2 fully saturated rings. The van der Waals surface area contributed by atoms with E-state index >= 15 is 0 Å². The molecule has 2 heterocycles. The molecule has 1 saturated carbocycles. The van der Waals surface area contributed by atoms with Crippen LogP contribution in [0.5, 0.6) is 0 Å². The first-order valence-corrected chi connectivity index (χ1v) is 18.9. The van der Waals surface area contributed by atoms with E-state index in [0.29, 0.717) is 12.1 Å². The molecule has 50 heavy (non-hydrogen) atoms. The number of halogens is 1. The van der Waals surface area contributed by atoms with Crippen LogP contribution in [0.3, 0.4) is 0 Å². The number of aliphatic hydroxyl groups is 1. The topological polar surface area (TPSA) is 167 Å². The Morgan fingerprint density at radius 3 is 2.26 bits per heavy atom. The molecule has 4 atom stereocenters. The number of nitrogens with two attached hydrogens (primary N) is 1. The highest BCUT2D eigenvalue weighted by molar-refractivity contribution is 7.13. The second-order valence-corrected chi connectivity index (χ2v) is 15.8. The van der Waals surface area contributed by atoms with Gasteiger partial charge < -0.3 is 31.7 Å². The maximum absolute atomic E-state index is 14.6. The van der Waals surface area contributed by atoms with Crippen molar-refractivity contribution in [1.82, 2.24) is 25.8 Å². The molecular weight excluding hydrogens is 660 g/mol. The zero-order valence-electron chi connectivity index (χ0n) is 29.9. The number of carbonyl (C=O) groups is 4. The Bertz CT molecular complexity index is 1460. The van der Waals surface area contributed by atoms with Crippen LogP contribution in [0.1, 0.15) is 109 Å². The molecule has 1 saturated heterocycles. The normalized spacial score (nSPS) is 19.5. The number of aliphatic hydroxyl groups excluding tert-OH is 1. The lowest BCUT2D eigenvalue weighted by atomic mass is 9.85. The van der Waals surface area contributed by atoms with E-state index in [1.165, 1.54) is 16.2 Å². The molecule has 1 aliphatic heterocycles. The number of nitrogens with one attached hydrogen (secondary N) is 3. The van der Waals surface area contributed by atoms with Gasteiger partial charge in [-0.15, -0.1) is 11.3 Å². The fourth-order valence-electron chi connectivity index (χ4n) is 6.32. The fraction of sp³-hybridized carbons (Fsp3) is 0.649. The lowest BCUT2D eigenvalue weighted by molar-refractivity contribution is -0.145. The number of hydrogen-bond donors (Lipinski definition) is 5. The first kappa shape index (κ1) is 39.4. The number of hydrogen-bond acceptors (Lipinski definition) is 8. The van der Waals surface area contributed by atoms with Crippen molar-refractivity contribution < 1.29 is 28.7 Å². The number of benzene rings is 1. The quantitative estimate of drug-likeness (QED) is 0.142. The third-order valence-electron chi connectivity index (χ3n) is 9.58. The summed E-state index contributed by atoms with van der Waals surface area (Å²) in [5.41, 5.74) is 7.17. The molecular formula is C37H55FN6O5S.